The van der Waals surface area contributed by atoms with E-state index in [2.05, 4.69) is 5.32 Å². The smallest absolute Gasteiger partial charge is 0.173 e. The van der Waals surface area contributed by atoms with E-state index in [1.807, 2.05) is 0 Å². The van der Waals surface area contributed by atoms with Crippen LogP contribution in [-0.2, 0) is 9.53 Å². The number of hydrogen-bond donors (Lipinski definition) is 4. The van der Waals surface area contributed by atoms with E-state index >= 15 is 0 Å². The molecule has 0 aromatic rings. The molecule has 1 aliphatic rings. The van der Waals surface area contributed by atoms with Crippen LogP contribution >= 0.6 is 0 Å². The molecule has 1 fully saturated rings. The predicted molar refractivity (Wildman–Crippen MR) is 46.0 cm³/mol. The van der Waals surface area contributed by atoms with Gasteiger partial charge in [-0.15, -0.1) is 0 Å². The Morgan fingerprint density at radius 3 is 2.50 bits per heavy atom. The van der Waals surface area contributed by atoms with Crippen molar-refractivity contribution in [2.45, 2.75) is 30.6 Å². The van der Waals surface area contributed by atoms with Crippen LogP contribution in [0.4, 0.5) is 0 Å². The third-order valence-corrected chi connectivity index (χ3v) is 2.22. The number of rotatable bonds is 2. The van der Waals surface area contributed by atoms with Crippen molar-refractivity contribution in [2.24, 2.45) is 0 Å². The fourth-order valence-corrected chi connectivity index (χ4v) is 1.42. The zero-order valence-electron chi connectivity index (χ0n) is 7.62. The van der Waals surface area contributed by atoms with Gasteiger partial charge in [-0.05, 0) is 7.05 Å². The zero-order valence-corrected chi connectivity index (χ0v) is 7.62. The Labute approximate surface area is 80.8 Å². The number of aliphatic hydroxyl groups is 3. The van der Waals surface area contributed by atoms with Crippen LogP contribution in [0, 0.1) is 0 Å². The SMILES string of the molecule is CNC1C(O)OC(C=C=O)C(O)C1O. The van der Waals surface area contributed by atoms with Crippen molar-refractivity contribution in [3.8, 4) is 0 Å². The first kappa shape index (κ1) is 11.3. The quantitative estimate of drug-likeness (QED) is 0.367. The average Bonchev–Trinajstić information content (AvgIpc) is 2.15. The molecule has 1 rings (SSSR count). The molecule has 0 amide bonds. The molecule has 14 heavy (non-hydrogen) atoms. The van der Waals surface area contributed by atoms with Crippen molar-refractivity contribution in [3.05, 3.63) is 6.08 Å². The normalized spacial score (nSPS) is 43.0. The highest BCUT2D eigenvalue weighted by Gasteiger charge is 2.42. The number of hydrogen-bond acceptors (Lipinski definition) is 6. The third-order valence-electron chi connectivity index (χ3n) is 2.22. The van der Waals surface area contributed by atoms with Gasteiger partial charge in [-0.2, -0.15) is 0 Å². The van der Waals surface area contributed by atoms with Crippen molar-refractivity contribution < 1.29 is 24.9 Å². The van der Waals surface area contributed by atoms with Crippen LogP contribution in [0.5, 0.6) is 0 Å². The first-order chi connectivity index (χ1) is 6.61. The summed E-state index contributed by atoms with van der Waals surface area (Å²) in [5, 5.41) is 30.9. The second-order valence-corrected chi connectivity index (χ2v) is 3.07. The van der Waals surface area contributed by atoms with Gasteiger partial charge in [0.15, 0.2) is 6.29 Å². The van der Waals surface area contributed by atoms with E-state index in [0.717, 1.165) is 6.08 Å². The maximum atomic E-state index is 10.0. The number of carbonyl (C=O) groups excluding carboxylic acids is 1. The summed E-state index contributed by atoms with van der Waals surface area (Å²) in [7, 11) is 1.52. The maximum absolute atomic E-state index is 10.0. The number of aliphatic hydroxyl groups excluding tert-OH is 3. The minimum atomic E-state index is -1.27. The molecule has 0 spiro atoms. The van der Waals surface area contributed by atoms with E-state index < -0.39 is 30.6 Å². The van der Waals surface area contributed by atoms with E-state index in [4.69, 9.17) is 4.74 Å². The first-order valence-electron chi connectivity index (χ1n) is 4.19. The van der Waals surface area contributed by atoms with Gasteiger partial charge in [-0.1, -0.05) is 0 Å². The summed E-state index contributed by atoms with van der Waals surface area (Å²) in [6.07, 6.45) is -3.83. The van der Waals surface area contributed by atoms with E-state index in [-0.39, 0.29) is 0 Å². The molecule has 0 aromatic heterocycles. The Bertz CT molecular complexity index is 240. The lowest BCUT2D eigenvalue weighted by Crippen LogP contribution is -2.61. The molecule has 0 aromatic carbocycles. The summed E-state index contributed by atoms with van der Waals surface area (Å²) in [6, 6.07) is -0.777. The lowest BCUT2D eigenvalue weighted by Gasteiger charge is -2.39. The Balaban J connectivity index is 2.77. The molecular formula is C8H13NO5. The highest BCUT2D eigenvalue weighted by Crippen LogP contribution is 2.19. The Hall–Kier alpha value is -0.750. The zero-order chi connectivity index (χ0) is 10.7. The maximum Gasteiger partial charge on any atom is 0.173 e. The topological polar surface area (TPSA) is 99.0 Å². The monoisotopic (exact) mass is 203 g/mol. The largest absolute Gasteiger partial charge is 0.388 e. The summed E-state index contributed by atoms with van der Waals surface area (Å²) in [4.78, 5) is 10.0. The summed E-state index contributed by atoms with van der Waals surface area (Å²) in [5.74, 6) is 1.44. The molecule has 1 heterocycles. The number of ether oxygens (including phenoxy) is 1. The van der Waals surface area contributed by atoms with Gasteiger partial charge in [0.25, 0.3) is 0 Å². The fourth-order valence-electron chi connectivity index (χ4n) is 1.42. The number of likely N-dealkylation sites (N-methyl/N-ethyl adjacent to an activating group) is 1. The van der Waals surface area contributed by atoms with Crippen molar-refractivity contribution >= 4 is 5.94 Å². The van der Waals surface area contributed by atoms with Gasteiger partial charge >= 0.3 is 0 Å². The highest BCUT2D eigenvalue weighted by molar-refractivity contribution is 5.46. The molecule has 1 saturated heterocycles. The highest BCUT2D eigenvalue weighted by atomic mass is 16.6. The lowest BCUT2D eigenvalue weighted by atomic mass is 9.97. The molecule has 5 unspecified atom stereocenters. The molecule has 80 valence electrons. The van der Waals surface area contributed by atoms with Crippen molar-refractivity contribution in [1.82, 2.24) is 5.32 Å². The van der Waals surface area contributed by atoms with Gasteiger partial charge in [0.1, 0.15) is 24.3 Å². The Morgan fingerprint density at radius 2 is 2.00 bits per heavy atom. The molecule has 0 aliphatic carbocycles. The molecule has 5 atom stereocenters. The standard InChI is InChI=1S/C8H13NO5/c1-9-5-7(12)6(11)4(2-3-10)14-8(5)13/h2,4-9,11-13H,1H3. The molecule has 0 radical (unpaired) electrons. The van der Waals surface area contributed by atoms with Gasteiger partial charge < -0.3 is 25.4 Å². The van der Waals surface area contributed by atoms with Crippen LogP contribution in [0.2, 0.25) is 0 Å². The van der Waals surface area contributed by atoms with Gasteiger partial charge in [0.05, 0.1) is 6.04 Å². The van der Waals surface area contributed by atoms with Gasteiger partial charge in [-0.3, -0.25) is 0 Å². The second kappa shape index (κ2) is 4.65. The molecular weight excluding hydrogens is 190 g/mol. The minimum absolute atomic E-state index is 0.777. The number of nitrogens with one attached hydrogen (secondary N) is 1. The minimum Gasteiger partial charge on any atom is -0.388 e. The van der Waals surface area contributed by atoms with E-state index in [0.29, 0.717) is 0 Å². The fraction of sp³-hybridized carbons (Fsp3) is 0.750. The first-order valence-corrected chi connectivity index (χ1v) is 4.19. The molecule has 1 aliphatic heterocycles. The van der Waals surface area contributed by atoms with Gasteiger partial charge in [0.2, 0.25) is 0 Å². The average molecular weight is 203 g/mol. The van der Waals surface area contributed by atoms with E-state index in [1.165, 1.54) is 13.0 Å². The Morgan fingerprint density at radius 1 is 1.36 bits per heavy atom. The molecule has 4 N–H and O–H groups in total. The van der Waals surface area contributed by atoms with E-state index in [1.54, 1.807) is 0 Å². The third kappa shape index (κ3) is 2.01. The van der Waals surface area contributed by atoms with E-state index in [9.17, 15) is 20.1 Å². The van der Waals surface area contributed by atoms with Crippen LogP contribution in [0.1, 0.15) is 0 Å². The predicted octanol–water partition coefficient (Wildman–Crippen LogP) is -2.60. The molecule has 6 heteroatoms. The second-order valence-electron chi connectivity index (χ2n) is 3.07. The van der Waals surface area contributed by atoms with Crippen LogP contribution in [0.25, 0.3) is 0 Å². The Kier molecular flexibility index (Phi) is 3.77. The van der Waals surface area contributed by atoms with Crippen molar-refractivity contribution in [3.63, 3.8) is 0 Å². The molecule has 6 nitrogen and oxygen atoms in total. The van der Waals surface area contributed by atoms with Crippen molar-refractivity contribution in [1.29, 1.82) is 0 Å². The van der Waals surface area contributed by atoms with Crippen LogP contribution in [0.15, 0.2) is 6.08 Å². The van der Waals surface area contributed by atoms with Gasteiger partial charge in [-0.25, -0.2) is 4.79 Å². The molecule has 0 bridgehead atoms. The van der Waals surface area contributed by atoms with Gasteiger partial charge in [0, 0.05) is 6.08 Å². The summed E-state index contributed by atoms with van der Waals surface area (Å²) < 4.78 is 4.88. The lowest BCUT2D eigenvalue weighted by molar-refractivity contribution is -0.233. The summed E-state index contributed by atoms with van der Waals surface area (Å²) in [6.45, 7) is 0. The summed E-state index contributed by atoms with van der Waals surface area (Å²) in [5.41, 5.74) is 0. The molecule has 0 saturated carbocycles. The summed E-state index contributed by atoms with van der Waals surface area (Å²) >= 11 is 0. The van der Waals surface area contributed by atoms with Crippen LogP contribution < -0.4 is 5.32 Å². The van der Waals surface area contributed by atoms with Crippen LogP contribution in [0.3, 0.4) is 0 Å². The van der Waals surface area contributed by atoms with Crippen LogP contribution in [-0.4, -0.2) is 59.0 Å². The van der Waals surface area contributed by atoms with Crippen molar-refractivity contribution in [2.75, 3.05) is 7.05 Å².